The first-order chi connectivity index (χ1) is 18.6. The number of carbonyl (C=O) groups is 2. The third-order valence-corrected chi connectivity index (χ3v) is 7.06. The molecule has 2 heterocycles. The Hall–Kier alpha value is -4.53. The average Bonchev–Trinajstić information content (AvgIpc) is 3.28. The van der Waals surface area contributed by atoms with Crippen molar-refractivity contribution in [3.05, 3.63) is 59.7 Å². The zero-order chi connectivity index (χ0) is 27.9. The highest BCUT2D eigenvalue weighted by Gasteiger charge is 2.26. The van der Waals surface area contributed by atoms with E-state index < -0.39 is 11.5 Å². The summed E-state index contributed by atoms with van der Waals surface area (Å²) < 4.78 is 5.52. The summed E-state index contributed by atoms with van der Waals surface area (Å²) in [6.07, 6.45) is 1.03. The molecule has 2 amide bonds. The van der Waals surface area contributed by atoms with Crippen LogP contribution in [0.2, 0.25) is 0 Å². The van der Waals surface area contributed by atoms with Crippen LogP contribution in [-0.4, -0.2) is 66.9 Å². The number of nitrogens with zero attached hydrogens (tertiary/aromatic N) is 2. The van der Waals surface area contributed by atoms with Gasteiger partial charge in [-0.1, -0.05) is 12.1 Å². The van der Waals surface area contributed by atoms with Gasteiger partial charge in [0.2, 0.25) is 0 Å². The van der Waals surface area contributed by atoms with Gasteiger partial charge in [-0.15, -0.1) is 0 Å². The standard InChI is InChI=1S/C30H34N6O3/c1-30(2,3)39-29(38)36-11-9-35(10-12-36)21-6-7-22-23-14-19(18-5-8-25(33-4)20(13-18)17-31)15-24(28(32)37)27(23)34-26(22)16-21/h5-8,13-17,31,33-34H,9-12H2,1-4H3,(H2,32,37). The van der Waals surface area contributed by atoms with E-state index in [9.17, 15) is 9.59 Å². The van der Waals surface area contributed by atoms with E-state index in [4.69, 9.17) is 15.9 Å². The molecular formula is C30H34N6O3. The Balaban J connectivity index is 1.48. The smallest absolute Gasteiger partial charge is 0.410 e. The van der Waals surface area contributed by atoms with Gasteiger partial charge in [0.25, 0.3) is 5.91 Å². The van der Waals surface area contributed by atoms with E-state index in [1.165, 1.54) is 6.21 Å². The van der Waals surface area contributed by atoms with Gasteiger partial charge in [-0.25, -0.2) is 4.79 Å². The van der Waals surface area contributed by atoms with Gasteiger partial charge in [-0.05, 0) is 68.3 Å². The van der Waals surface area contributed by atoms with E-state index in [1.54, 1.807) is 11.0 Å². The molecular weight excluding hydrogens is 492 g/mol. The summed E-state index contributed by atoms with van der Waals surface area (Å²) in [6.45, 7) is 8.17. The van der Waals surface area contributed by atoms with Crippen molar-refractivity contribution in [3.8, 4) is 11.1 Å². The number of hydrogen-bond donors (Lipinski definition) is 4. The van der Waals surface area contributed by atoms with Crippen molar-refractivity contribution >= 4 is 51.4 Å². The monoisotopic (exact) mass is 526 g/mol. The Morgan fingerprint density at radius 2 is 1.74 bits per heavy atom. The van der Waals surface area contributed by atoms with Crippen LogP contribution in [0.5, 0.6) is 0 Å². The molecule has 1 aromatic heterocycles. The van der Waals surface area contributed by atoms with Crippen molar-refractivity contribution in [2.45, 2.75) is 26.4 Å². The van der Waals surface area contributed by atoms with Crippen LogP contribution in [0.3, 0.4) is 0 Å². The number of carbonyl (C=O) groups excluding carboxylic acids is 2. The third kappa shape index (κ3) is 5.12. The van der Waals surface area contributed by atoms with Crippen LogP contribution in [0, 0.1) is 5.41 Å². The average molecular weight is 527 g/mol. The topological polar surface area (TPSA) is 128 Å². The van der Waals surface area contributed by atoms with E-state index in [-0.39, 0.29) is 6.09 Å². The summed E-state index contributed by atoms with van der Waals surface area (Å²) in [5.74, 6) is -0.508. The molecule has 0 spiro atoms. The number of benzene rings is 3. The fourth-order valence-electron chi connectivity index (χ4n) is 5.12. The zero-order valence-corrected chi connectivity index (χ0v) is 22.7. The summed E-state index contributed by atoms with van der Waals surface area (Å²) >= 11 is 0. The molecule has 1 aliphatic heterocycles. The quantitative estimate of drug-likeness (QED) is 0.266. The Morgan fingerprint density at radius 1 is 1.00 bits per heavy atom. The van der Waals surface area contributed by atoms with E-state index in [0.717, 1.165) is 44.4 Å². The van der Waals surface area contributed by atoms with Crippen LogP contribution in [0.25, 0.3) is 32.9 Å². The van der Waals surface area contributed by atoms with Crippen molar-refractivity contribution in [2.24, 2.45) is 5.73 Å². The predicted molar refractivity (Wildman–Crippen MR) is 157 cm³/mol. The normalized spacial score (nSPS) is 14.1. The lowest BCUT2D eigenvalue weighted by Gasteiger charge is -2.36. The maximum atomic E-state index is 12.5. The van der Waals surface area contributed by atoms with Gasteiger partial charge < -0.3 is 36.0 Å². The second-order valence-corrected chi connectivity index (χ2v) is 10.8. The molecule has 9 heteroatoms. The number of H-pyrrole nitrogens is 1. The molecule has 39 heavy (non-hydrogen) atoms. The molecule has 3 aromatic carbocycles. The number of hydrogen-bond acceptors (Lipinski definition) is 6. The molecule has 0 bridgehead atoms. The number of nitrogens with one attached hydrogen (secondary N) is 3. The van der Waals surface area contributed by atoms with Crippen molar-refractivity contribution in [2.75, 3.05) is 43.4 Å². The van der Waals surface area contributed by atoms with Crippen LogP contribution in [0.15, 0.2) is 48.5 Å². The predicted octanol–water partition coefficient (Wildman–Crippen LogP) is 5.18. The van der Waals surface area contributed by atoms with E-state index >= 15 is 0 Å². The summed E-state index contributed by atoms with van der Waals surface area (Å²) in [7, 11) is 1.82. The molecule has 202 valence electrons. The van der Waals surface area contributed by atoms with Gasteiger partial charge >= 0.3 is 6.09 Å². The zero-order valence-electron chi connectivity index (χ0n) is 22.7. The molecule has 1 saturated heterocycles. The van der Waals surface area contributed by atoms with E-state index in [0.29, 0.717) is 37.3 Å². The molecule has 0 radical (unpaired) electrons. The number of primary amides is 1. The number of rotatable bonds is 5. The van der Waals surface area contributed by atoms with Gasteiger partial charge in [0, 0.05) is 72.7 Å². The lowest BCUT2D eigenvalue weighted by atomic mass is 9.97. The molecule has 0 aliphatic carbocycles. The second-order valence-electron chi connectivity index (χ2n) is 10.8. The summed E-state index contributed by atoms with van der Waals surface area (Å²) in [5.41, 5.74) is 11.7. The lowest BCUT2D eigenvalue weighted by Crippen LogP contribution is -2.50. The number of aromatic amines is 1. The van der Waals surface area contributed by atoms with Crippen molar-refractivity contribution in [1.29, 1.82) is 5.41 Å². The van der Waals surface area contributed by atoms with Gasteiger partial charge in [0.1, 0.15) is 5.60 Å². The van der Waals surface area contributed by atoms with Gasteiger partial charge in [0.15, 0.2) is 0 Å². The first-order valence-corrected chi connectivity index (χ1v) is 13.0. The first kappa shape index (κ1) is 26.1. The Bertz CT molecular complexity index is 1590. The van der Waals surface area contributed by atoms with Crippen molar-refractivity contribution < 1.29 is 14.3 Å². The largest absolute Gasteiger partial charge is 0.444 e. The van der Waals surface area contributed by atoms with Crippen LogP contribution in [0.1, 0.15) is 36.7 Å². The molecule has 4 aromatic rings. The molecule has 5 rings (SSSR count). The molecule has 1 fully saturated rings. The molecule has 1 aliphatic rings. The van der Waals surface area contributed by atoms with Gasteiger partial charge in [-0.2, -0.15) is 0 Å². The molecule has 0 atom stereocenters. The SMILES string of the molecule is CNc1ccc(-c2cc(C(N)=O)c3[nH]c4cc(N5CCN(C(=O)OC(C)(C)C)CC5)ccc4c3c2)cc1C=N. The number of aromatic nitrogens is 1. The van der Waals surface area contributed by atoms with Crippen LogP contribution in [0.4, 0.5) is 16.2 Å². The first-order valence-electron chi connectivity index (χ1n) is 13.0. The minimum absolute atomic E-state index is 0.281. The third-order valence-electron chi connectivity index (χ3n) is 7.06. The number of ether oxygens (including phenoxy) is 1. The number of fused-ring (bicyclic) bond motifs is 3. The fraction of sp³-hybridized carbons (Fsp3) is 0.300. The maximum Gasteiger partial charge on any atom is 0.410 e. The highest BCUT2D eigenvalue weighted by atomic mass is 16.6. The minimum Gasteiger partial charge on any atom is -0.444 e. The number of amides is 2. The Kier molecular flexibility index (Phi) is 6.68. The van der Waals surface area contributed by atoms with E-state index in [2.05, 4.69) is 39.5 Å². The lowest BCUT2D eigenvalue weighted by molar-refractivity contribution is 0.0240. The number of anilines is 2. The molecule has 5 N–H and O–H groups in total. The van der Waals surface area contributed by atoms with Gasteiger partial charge in [0.05, 0.1) is 11.1 Å². The Morgan fingerprint density at radius 3 is 2.38 bits per heavy atom. The highest BCUT2D eigenvalue weighted by Crippen LogP contribution is 2.35. The van der Waals surface area contributed by atoms with Crippen LogP contribution in [-0.2, 0) is 4.74 Å². The fourth-order valence-corrected chi connectivity index (χ4v) is 5.12. The van der Waals surface area contributed by atoms with Crippen molar-refractivity contribution in [1.82, 2.24) is 9.88 Å². The highest BCUT2D eigenvalue weighted by molar-refractivity contribution is 6.16. The van der Waals surface area contributed by atoms with Crippen molar-refractivity contribution in [3.63, 3.8) is 0 Å². The van der Waals surface area contributed by atoms with Crippen LogP contribution >= 0.6 is 0 Å². The number of nitrogens with two attached hydrogens (primary N) is 1. The molecule has 9 nitrogen and oxygen atoms in total. The molecule has 0 saturated carbocycles. The molecule has 0 unspecified atom stereocenters. The van der Waals surface area contributed by atoms with E-state index in [1.807, 2.05) is 46.0 Å². The maximum absolute atomic E-state index is 12.5. The minimum atomic E-state index is -0.517. The van der Waals surface area contributed by atoms with Gasteiger partial charge in [-0.3, -0.25) is 4.79 Å². The summed E-state index contributed by atoms with van der Waals surface area (Å²) in [5, 5.41) is 12.8. The summed E-state index contributed by atoms with van der Waals surface area (Å²) in [6, 6.07) is 15.9. The second kappa shape index (κ2) is 9.98. The van der Waals surface area contributed by atoms with Crippen LogP contribution < -0.4 is 16.0 Å². The Labute approximate surface area is 227 Å². The number of piperazine rings is 1. The summed E-state index contributed by atoms with van der Waals surface area (Å²) in [4.78, 5) is 32.3.